The molecular formula is C21H19FN2O3. The molecule has 3 aromatic rings. The summed E-state index contributed by atoms with van der Waals surface area (Å²) in [6.45, 7) is 2.45. The molecule has 1 aromatic heterocycles. The third-order valence-electron chi connectivity index (χ3n) is 5.11. The second kappa shape index (κ2) is 6.54. The first-order chi connectivity index (χ1) is 13.0. The topological polar surface area (TPSA) is 62.4 Å². The van der Waals surface area contributed by atoms with Crippen LogP contribution in [0.4, 0.5) is 10.1 Å². The molecule has 6 heteroatoms. The first-order valence-electron chi connectivity index (χ1n) is 8.76. The number of carbonyl (C=O) groups excluding carboxylic acids is 2. The minimum Gasteiger partial charge on any atom is -0.465 e. The Morgan fingerprint density at radius 1 is 1.22 bits per heavy atom. The van der Waals surface area contributed by atoms with E-state index in [9.17, 15) is 14.0 Å². The average molecular weight is 366 g/mol. The van der Waals surface area contributed by atoms with Crippen LogP contribution in [0.15, 0.2) is 36.4 Å². The van der Waals surface area contributed by atoms with Gasteiger partial charge in [0.05, 0.1) is 19.1 Å². The van der Waals surface area contributed by atoms with Crippen LogP contribution in [0.5, 0.6) is 0 Å². The van der Waals surface area contributed by atoms with E-state index >= 15 is 0 Å². The molecule has 0 spiro atoms. The molecule has 0 saturated heterocycles. The fourth-order valence-electron chi connectivity index (χ4n) is 3.73. The number of nitrogens with zero attached hydrogens (tertiary/aromatic N) is 1. The van der Waals surface area contributed by atoms with E-state index in [0.29, 0.717) is 18.5 Å². The molecule has 0 unspecified atom stereocenters. The normalized spacial score (nSPS) is 13.1. The first kappa shape index (κ1) is 17.3. The number of aromatic amines is 1. The predicted molar refractivity (Wildman–Crippen MR) is 101 cm³/mol. The van der Waals surface area contributed by atoms with Gasteiger partial charge in [-0.2, -0.15) is 0 Å². The number of aromatic nitrogens is 1. The summed E-state index contributed by atoms with van der Waals surface area (Å²) in [6, 6.07) is 9.78. The molecule has 0 saturated carbocycles. The molecule has 1 amide bonds. The molecular weight excluding hydrogens is 347 g/mol. The van der Waals surface area contributed by atoms with Gasteiger partial charge in [0.2, 0.25) is 5.91 Å². The number of hydrogen-bond donors (Lipinski definition) is 1. The summed E-state index contributed by atoms with van der Waals surface area (Å²) in [5, 5.41) is 0.737. The maximum absolute atomic E-state index is 13.6. The number of hydrogen-bond acceptors (Lipinski definition) is 3. The van der Waals surface area contributed by atoms with Gasteiger partial charge < -0.3 is 14.6 Å². The molecule has 1 aliphatic heterocycles. The monoisotopic (exact) mass is 366 g/mol. The number of benzene rings is 2. The molecule has 1 N–H and O–H groups in total. The Morgan fingerprint density at radius 2 is 2.04 bits per heavy atom. The minimum absolute atomic E-state index is 0.0483. The van der Waals surface area contributed by atoms with Crippen molar-refractivity contribution in [1.29, 1.82) is 0 Å². The number of halogens is 1. The number of methoxy groups -OCH3 is 1. The van der Waals surface area contributed by atoms with Crippen LogP contribution in [-0.4, -0.2) is 30.5 Å². The Labute approximate surface area is 155 Å². The van der Waals surface area contributed by atoms with Crippen LogP contribution in [0, 0.1) is 12.7 Å². The molecule has 0 fully saturated rings. The molecule has 0 radical (unpaired) electrons. The summed E-state index contributed by atoms with van der Waals surface area (Å²) in [5.74, 6) is -0.760. The van der Waals surface area contributed by atoms with Crippen molar-refractivity contribution in [3.8, 4) is 0 Å². The van der Waals surface area contributed by atoms with Crippen LogP contribution in [-0.2, 0) is 22.4 Å². The molecule has 2 aromatic carbocycles. The fourth-order valence-corrected chi connectivity index (χ4v) is 3.73. The van der Waals surface area contributed by atoms with Gasteiger partial charge in [-0.25, -0.2) is 9.18 Å². The Bertz CT molecular complexity index is 1070. The van der Waals surface area contributed by atoms with Crippen LogP contribution in [0.3, 0.4) is 0 Å². The Kier molecular flexibility index (Phi) is 4.18. The molecule has 0 atom stereocenters. The van der Waals surface area contributed by atoms with Crippen molar-refractivity contribution in [3.05, 3.63) is 64.6 Å². The van der Waals surface area contributed by atoms with Crippen LogP contribution in [0.1, 0.15) is 27.2 Å². The smallest absolute Gasteiger partial charge is 0.337 e. The number of ether oxygens (including phenoxy) is 1. The van der Waals surface area contributed by atoms with Gasteiger partial charge in [0.1, 0.15) is 5.82 Å². The Balaban J connectivity index is 1.62. The predicted octanol–water partition coefficient (Wildman–Crippen LogP) is 3.53. The molecule has 0 bridgehead atoms. The third kappa shape index (κ3) is 2.97. The zero-order valence-electron chi connectivity index (χ0n) is 15.1. The summed E-state index contributed by atoms with van der Waals surface area (Å²) in [5.41, 5.74) is 4.75. The minimum atomic E-state index is -0.390. The maximum Gasteiger partial charge on any atom is 0.337 e. The van der Waals surface area contributed by atoms with Gasteiger partial charge in [-0.1, -0.05) is 0 Å². The maximum atomic E-state index is 13.6. The van der Waals surface area contributed by atoms with E-state index < -0.39 is 0 Å². The van der Waals surface area contributed by atoms with Crippen molar-refractivity contribution >= 4 is 28.5 Å². The Morgan fingerprint density at radius 3 is 2.81 bits per heavy atom. The van der Waals surface area contributed by atoms with Crippen molar-refractivity contribution in [2.75, 3.05) is 18.6 Å². The van der Waals surface area contributed by atoms with Crippen molar-refractivity contribution in [2.45, 2.75) is 19.8 Å². The van der Waals surface area contributed by atoms with E-state index in [2.05, 4.69) is 4.98 Å². The van der Waals surface area contributed by atoms with Crippen molar-refractivity contribution < 1.29 is 18.7 Å². The number of rotatable bonds is 3. The first-order valence-corrected chi connectivity index (χ1v) is 8.76. The molecule has 4 rings (SSSR count). The van der Waals surface area contributed by atoms with Crippen molar-refractivity contribution in [3.63, 3.8) is 0 Å². The summed E-state index contributed by atoms with van der Waals surface area (Å²) in [4.78, 5) is 29.6. The van der Waals surface area contributed by atoms with Crippen molar-refractivity contribution in [1.82, 2.24) is 4.98 Å². The lowest BCUT2D eigenvalue weighted by atomic mass is 10.1. The summed E-state index contributed by atoms with van der Waals surface area (Å²) in [6.07, 6.45) is 0.876. The quantitative estimate of drug-likeness (QED) is 0.722. The van der Waals surface area contributed by atoms with E-state index in [-0.39, 0.29) is 24.1 Å². The van der Waals surface area contributed by atoms with E-state index in [1.807, 2.05) is 6.92 Å². The van der Waals surface area contributed by atoms with Gasteiger partial charge in [-0.05, 0) is 60.9 Å². The molecule has 138 valence electrons. The number of fused-ring (bicyclic) bond motifs is 2. The van der Waals surface area contributed by atoms with E-state index in [0.717, 1.165) is 33.4 Å². The molecule has 0 aliphatic carbocycles. The van der Waals surface area contributed by atoms with Gasteiger partial charge in [0.15, 0.2) is 0 Å². The highest BCUT2D eigenvalue weighted by Gasteiger charge is 2.26. The molecule has 1 aliphatic rings. The molecule has 5 nitrogen and oxygen atoms in total. The largest absolute Gasteiger partial charge is 0.465 e. The second-order valence-electron chi connectivity index (χ2n) is 6.73. The highest BCUT2D eigenvalue weighted by molar-refractivity contribution is 6.00. The zero-order valence-corrected chi connectivity index (χ0v) is 15.1. The summed E-state index contributed by atoms with van der Waals surface area (Å²) in [7, 11) is 1.34. The lowest BCUT2D eigenvalue weighted by Crippen LogP contribution is -2.30. The van der Waals surface area contributed by atoms with Gasteiger partial charge in [0, 0.05) is 28.8 Å². The third-order valence-corrected chi connectivity index (χ3v) is 5.11. The van der Waals surface area contributed by atoms with Crippen LogP contribution in [0.25, 0.3) is 10.9 Å². The number of H-pyrrole nitrogens is 1. The SMILES string of the molecule is COC(=O)c1ccc2c(c1)CCN2C(=O)Cc1c(C)[nH]c2ccc(F)cc12. The average Bonchev–Trinajstić information content (AvgIpc) is 3.22. The Hall–Kier alpha value is -3.15. The van der Waals surface area contributed by atoms with Gasteiger partial charge in [0.25, 0.3) is 0 Å². The van der Waals surface area contributed by atoms with Crippen molar-refractivity contribution in [2.24, 2.45) is 0 Å². The summed E-state index contributed by atoms with van der Waals surface area (Å²) >= 11 is 0. The number of aryl methyl sites for hydroxylation is 1. The zero-order chi connectivity index (χ0) is 19.1. The number of esters is 1. The van der Waals surface area contributed by atoms with Crippen LogP contribution >= 0.6 is 0 Å². The van der Waals surface area contributed by atoms with E-state index in [1.54, 1.807) is 29.2 Å². The number of carbonyl (C=O) groups is 2. The van der Waals surface area contributed by atoms with E-state index in [4.69, 9.17) is 4.74 Å². The highest BCUT2D eigenvalue weighted by atomic mass is 19.1. The second-order valence-corrected chi connectivity index (χ2v) is 6.73. The molecule has 2 heterocycles. The van der Waals surface area contributed by atoms with Gasteiger partial charge in [-0.3, -0.25) is 4.79 Å². The number of nitrogens with one attached hydrogen (secondary N) is 1. The molecule has 27 heavy (non-hydrogen) atoms. The number of anilines is 1. The lowest BCUT2D eigenvalue weighted by molar-refractivity contribution is -0.117. The number of amides is 1. The van der Waals surface area contributed by atoms with Crippen LogP contribution < -0.4 is 4.90 Å². The van der Waals surface area contributed by atoms with E-state index in [1.165, 1.54) is 19.2 Å². The van der Waals surface area contributed by atoms with Gasteiger partial charge in [-0.15, -0.1) is 0 Å². The standard InChI is InChI=1S/C21H19FN2O3/c1-12-16(17-10-15(22)4-5-18(17)23-12)11-20(25)24-8-7-13-9-14(21(26)27-2)3-6-19(13)24/h3-6,9-10,23H,7-8,11H2,1-2H3. The van der Waals surface area contributed by atoms with Gasteiger partial charge >= 0.3 is 5.97 Å². The lowest BCUT2D eigenvalue weighted by Gasteiger charge is -2.17. The summed E-state index contributed by atoms with van der Waals surface area (Å²) < 4.78 is 18.4. The van der Waals surface area contributed by atoms with Crippen LogP contribution in [0.2, 0.25) is 0 Å². The fraction of sp³-hybridized carbons (Fsp3) is 0.238. The highest BCUT2D eigenvalue weighted by Crippen LogP contribution is 2.31.